The van der Waals surface area contributed by atoms with Crippen LogP contribution in [0, 0.1) is 5.82 Å². The summed E-state index contributed by atoms with van der Waals surface area (Å²) in [6, 6.07) is 7.69. The highest BCUT2D eigenvalue weighted by Gasteiger charge is 2.20. The highest BCUT2D eigenvalue weighted by atomic mass is 79.9. The van der Waals surface area contributed by atoms with Crippen LogP contribution >= 0.6 is 15.9 Å². The Hall–Kier alpha value is -1.50. The molecule has 100 valence electrons. The van der Waals surface area contributed by atoms with Crippen LogP contribution in [0.1, 0.15) is 17.3 Å². The van der Waals surface area contributed by atoms with Crippen molar-refractivity contribution in [3.05, 3.63) is 58.1 Å². The molecule has 2 aromatic rings. The minimum atomic E-state index is -0.540. The van der Waals surface area contributed by atoms with Crippen molar-refractivity contribution >= 4 is 15.9 Å². The molecular formula is C13H13BrFN3O. The van der Waals surface area contributed by atoms with Gasteiger partial charge in [0.1, 0.15) is 11.6 Å². The van der Waals surface area contributed by atoms with E-state index in [-0.39, 0.29) is 0 Å². The predicted octanol–water partition coefficient (Wildman–Crippen LogP) is 2.54. The Morgan fingerprint density at radius 2 is 2.21 bits per heavy atom. The number of hydrogen-bond acceptors (Lipinski definition) is 4. The zero-order chi connectivity index (χ0) is 13.8. The minimum Gasteiger partial charge on any atom is -0.497 e. The minimum absolute atomic E-state index is 0.403. The van der Waals surface area contributed by atoms with Gasteiger partial charge in [-0.1, -0.05) is 6.07 Å². The quantitative estimate of drug-likeness (QED) is 0.670. The Balaban J connectivity index is 2.46. The van der Waals surface area contributed by atoms with Crippen molar-refractivity contribution < 1.29 is 9.13 Å². The lowest BCUT2D eigenvalue weighted by Gasteiger charge is -2.18. The number of ether oxygens (including phenoxy) is 1. The van der Waals surface area contributed by atoms with E-state index in [1.54, 1.807) is 24.4 Å². The smallest absolute Gasteiger partial charge is 0.132 e. The number of benzene rings is 1. The SMILES string of the molecule is COc1ccc(C(NN)c2ncccc2Br)c(F)c1. The van der Waals surface area contributed by atoms with Gasteiger partial charge in [0.25, 0.3) is 0 Å². The zero-order valence-electron chi connectivity index (χ0n) is 10.2. The summed E-state index contributed by atoms with van der Waals surface area (Å²) in [4.78, 5) is 4.22. The lowest BCUT2D eigenvalue weighted by molar-refractivity contribution is 0.410. The number of nitrogens with two attached hydrogens (primary N) is 1. The molecule has 2 rings (SSSR count). The number of halogens is 2. The number of hydrazine groups is 1. The molecule has 0 aliphatic heterocycles. The van der Waals surface area contributed by atoms with Gasteiger partial charge < -0.3 is 4.74 Å². The van der Waals surface area contributed by atoms with Crippen LogP contribution in [0.2, 0.25) is 0 Å². The van der Waals surface area contributed by atoms with Gasteiger partial charge in [-0.2, -0.15) is 0 Å². The van der Waals surface area contributed by atoms with E-state index in [1.807, 2.05) is 6.07 Å². The summed E-state index contributed by atoms with van der Waals surface area (Å²) in [6.45, 7) is 0. The topological polar surface area (TPSA) is 60.2 Å². The lowest BCUT2D eigenvalue weighted by atomic mass is 10.0. The first-order valence-electron chi connectivity index (χ1n) is 5.57. The first kappa shape index (κ1) is 13.9. The number of hydrogen-bond donors (Lipinski definition) is 2. The molecule has 19 heavy (non-hydrogen) atoms. The molecule has 0 amide bonds. The molecule has 0 radical (unpaired) electrons. The van der Waals surface area contributed by atoms with Crippen molar-refractivity contribution in [2.75, 3.05) is 7.11 Å². The van der Waals surface area contributed by atoms with Crippen molar-refractivity contribution in [1.82, 2.24) is 10.4 Å². The normalized spacial score (nSPS) is 12.2. The van der Waals surface area contributed by atoms with E-state index in [1.165, 1.54) is 13.2 Å². The maximum absolute atomic E-state index is 14.1. The molecule has 0 saturated carbocycles. The molecule has 1 aromatic carbocycles. The third-order valence-electron chi connectivity index (χ3n) is 2.75. The summed E-state index contributed by atoms with van der Waals surface area (Å²) in [5.41, 5.74) is 3.61. The summed E-state index contributed by atoms with van der Waals surface area (Å²) < 4.78 is 19.8. The van der Waals surface area contributed by atoms with E-state index < -0.39 is 11.9 Å². The van der Waals surface area contributed by atoms with E-state index in [2.05, 4.69) is 26.3 Å². The second-order valence-corrected chi connectivity index (χ2v) is 4.71. The number of pyridine rings is 1. The number of methoxy groups -OCH3 is 1. The van der Waals surface area contributed by atoms with Crippen LogP contribution in [0.3, 0.4) is 0 Å². The number of nitrogens with zero attached hydrogens (tertiary/aromatic N) is 1. The molecule has 0 fully saturated rings. The molecule has 1 aromatic heterocycles. The molecule has 3 N–H and O–H groups in total. The zero-order valence-corrected chi connectivity index (χ0v) is 11.8. The van der Waals surface area contributed by atoms with Crippen LogP contribution < -0.4 is 16.0 Å². The number of aromatic nitrogens is 1. The molecular weight excluding hydrogens is 313 g/mol. The van der Waals surface area contributed by atoms with Crippen LogP contribution in [0.4, 0.5) is 4.39 Å². The van der Waals surface area contributed by atoms with E-state index in [9.17, 15) is 4.39 Å². The Bertz CT molecular complexity index is 580. The Morgan fingerprint density at radius 1 is 1.42 bits per heavy atom. The molecule has 0 bridgehead atoms. The van der Waals surface area contributed by atoms with Gasteiger partial charge in [0, 0.05) is 22.3 Å². The van der Waals surface area contributed by atoms with Gasteiger partial charge in [0.2, 0.25) is 0 Å². The molecule has 0 saturated heterocycles. The maximum Gasteiger partial charge on any atom is 0.132 e. The van der Waals surface area contributed by atoms with Gasteiger partial charge in [-0.15, -0.1) is 0 Å². The predicted molar refractivity (Wildman–Crippen MR) is 74.1 cm³/mol. The average Bonchev–Trinajstić information content (AvgIpc) is 2.43. The second-order valence-electron chi connectivity index (χ2n) is 3.86. The molecule has 6 heteroatoms. The van der Waals surface area contributed by atoms with Gasteiger partial charge in [-0.3, -0.25) is 10.8 Å². The largest absolute Gasteiger partial charge is 0.497 e. The van der Waals surface area contributed by atoms with Gasteiger partial charge >= 0.3 is 0 Å². The monoisotopic (exact) mass is 325 g/mol. The molecule has 0 spiro atoms. The lowest BCUT2D eigenvalue weighted by Crippen LogP contribution is -2.30. The van der Waals surface area contributed by atoms with E-state index in [4.69, 9.17) is 10.6 Å². The number of rotatable bonds is 4. The first-order chi connectivity index (χ1) is 9.17. The van der Waals surface area contributed by atoms with Crippen molar-refractivity contribution in [2.45, 2.75) is 6.04 Å². The van der Waals surface area contributed by atoms with Crippen molar-refractivity contribution in [1.29, 1.82) is 0 Å². The second kappa shape index (κ2) is 6.10. The fourth-order valence-corrected chi connectivity index (χ4v) is 2.28. The van der Waals surface area contributed by atoms with Crippen LogP contribution in [0.25, 0.3) is 0 Å². The van der Waals surface area contributed by atoms with Gasteiger partial charge in [-0.25, -0.2) is 9.82 Å². The summed E-state index contributed by atoms with van der Waals surface area (Å²) in [5.74, 6) is 5.59. The Labute approximate surface area is 118 Å². The molecule has 0 aliphatic carbocycles. The van der Waals surface area contributed by atoms with Crippen LogP contribution in [0.15, 0.2) is 41.0 Å². The van der Waals surface area contributed by atoms with E-state index in [0.29, 0.717) is 17.0 Å². The first-order valence-corrected chi connectivity index (χ1v) is 6.36. The third kappa shape index (κ3) is 2.91. The highest BCUT2D eigenvalue weighted by molar-refractivity contribution is 9.10. The van der Waals surface area contributed by atoms with Gasteiger partial charge in [-0.05, 0) is 34.1 Å². The van der Waals surface area contributed by atoms with Crippen LogP contribution in [0.5, 0.6) is 5.75 Å². The Kier molecular flexibility index (Phi) is 4.47. The number of nitrogens with one attached hydrogen (secondary N) is 1. The summed E-state index contributed by atoms with van der Waals surface area (Å²) >= 11 is 3.38. The maximum atomic E-state index is 14.1. The van der Waals surface area contributed by atoms with Crippen LogP contribution in [-0.4, -0.2) is 12.1 Å². The molecule has 1 atom stereocenters. The molecule has 1 unspecified atom stereocenters. The molecule has 0 aliphatic rings. The third-order valence-corrected chi connectivity index (χ3v) is 3.42. The summed E-state index contributed by atoms with van der Waals surface area (Å²) in [5, 5.41) is 0. The fourth-order valence-electron chi connectivity index (χ4n) is 1.80. The van der Waals surface area contributed by atoms with Crippen molar-refractivity contribution in [3.63, 3.8) is 0 Å². The molecule has 4 nitrogen and oxygen atoms in total. The van der Waals surface area contributed by atoms with E-state index >= 15 is 0 Å². The van der Waals surface area contributed by atoms with Gasteiger partial charge in [0.15, 0.2) is 0 Å². The summed E-state index contributed by atoms with van der Waals surface area (Å²) in [6.07, 6.45) is 1.63. The highest BCUT2D eigenvalue weighted by Crippen LogP contribution is 2.29. The standard InChI is InChI=1S/C13H13BrFN3O/c1-19-8-4-5-9(11(15)7-8)12(18-16)13-10(14)3-2-6-17-13/h2-7,12,18H,16H2,1H3. The fraction of sp³-hybridized carbons (Fsp3) is 0.154. The van der Waals surface area contributed by atoms with E-state index in [0.717, 1.165) is 4.47 Å². The van der Waals surface area contributed by atoms with Crippen LogP contribution in [-0.2, 0) is 0 Å². The Morgan fingerprint density at radius 3 is 2.79 bits per heavy atom. The average molecular weight is 326 g/mol. The van der Waals surface area contributed by atoms with Gasteiger partial charge in [0.05, 0.1) is 18.8 Å². The molecule has 1 heterocycles. The van der Waals surface area contributed by atoms with Crippen molar-refractivity contribution in [3.8, 4) is 5.75 Å². The summed E-state index contributed by atoms with van der Waals surface area (Å²) in [7, 11) is 1.49. The van der Waals surface area contributed by atoms with Crippen molar-refractivity contribution in [2.24, 2.45) is 5.84 Å².